The van der Waals surface area contributed by atoms with E-state index in [1.54, 1.807) is 17.4 Å². The maximum Gasteiger partial charge on any atom is 0.258 e. The van der Waals surface area contributed by atoms with Crippen LogP contribution in [0.15, 0.2) is 54.0 Å². The molecule has 0 radical (unpaired) electrons. The van der Waals surface area contributed by atoms with E-state index >= 15 is 0 Å². The summed E-state index contributed by atoms with van der Waals surface area (Å²) >= 11 is 1.58. The molecule has 0 aliphatic carbocycles. The van der Waals surface area contributed by atoms with Crippen molar-refractivity contribution >= 4 is 29.1 Å². The Morgan fingerprint density at radius 1 is 1.15 bits per heavy atom. The second-order valence-corrected chi connectivity index (χ2v) is 12.4. The number of amides is 3. The van der Waals surface area contributed by atoms with Gasteiger partial charge in [-0.05, 0) is 48.1 Å². The van der Waals surface area contributed by atoms with Crippen molar-refractivity contribution < 1.29 is 24.2 Å². The first-order valence-electron chi connectivity index (χ1n) is 13.7. The topological polar surface area (TPSA) is 121 Å². The van der Waals surface area contributed by atoms with E-state index in [1.165, 1.54) is 4.90 Å². The maximum absolute atomic E-state index is 13.7. The number of hydrogen-bond acceptors (Lipinski definition) is 7. The lowest BCUT2D eigenvalue weighted by molar-refractivity contribution is -0.144. The van der Waals surface area contributed by atoms with Crippen LogP contribution >= 0.6 is 11.3 Å². The summed E-state index contributed by atoms with van der Waals surface area (Å²) in [5, 5.41) is 16.1. The van der Waals surface area contributed by atoms with Crippen LogP contribution in [0.25, 0.3) is 10.4 Å². The molecule has 9 nitrogen and oxygen atoms in total. The van der Waals surface area contributed by atoms with Gasteiger partial charge < -0.3 is 25.4 Å². The third-order valence-electron chi connectivity index (χ3n) is 7.07. The summed E-state index contributed by atoms with van der Waals surface area (Å²) in [6, 6.07) is 13.5. The van der Waals surface area contributed by atoms with Gasteiger partial charge in [-0.2, -0.15) is 0 Å². The van der Waals surface area contributed by atoms with Crippen molar-refractivity contribution in [2.45, 2.75) is 65.8 Å². The van der Waals surface area contributed by atoms with Gasteiger partial charge >= 0.3 is 0 Å². The number of aryl methyl sites for hydroxylation is 2. The van der Waals surface area contributed by atoms with E-state index in [1.807, 2.05) is 82.6 Å². The summed E-state index contributed by atoms with van der Waals surface area (Å²) in [5.74, 6) is -0.648. The second kappa shape index (κ2) is 12.8. The van der Waals surface area contributed by atoms with Crippen LogP contribution in [0.2, 0.25) is 0 Å². The third-order valence-corrected chi connectivity index (χ3v) is 8.05. The Bertz CT molecular complexity index is 1380. The molecule has 3 N–H and O–H groups in total. The van der Waals surface area contributed by atoms with Gasteiger partial charge in [0, 0.05) is 19.5 Å². The maximum atomic E-state index is 13.7. The smallest absolute Gasteiger partial charge is 0.258 e. The first-order valence-corrected chi connectivity index (χ1v) is 14.5. The Balaban J connectivity index is 1.38. The van der Waals surface area contributed by atoms with Crippen LogP contribution in [-0.4, -0.2) is 64.1 Å². The van der Waals surface area contributed by atoms with Crippen molar-refractivity contribution in [3.05, 3.63) is 70.9 Å². The molecule has 1 aliphatic rings. The highest BCUT2D eigenvalue weighted by Gasteiger charge is 2.44. The number of aliphatic hydroxyl groups excluding tert-OH is 1. The minimum Gasteiger partial charge on any atom is -0.484 e. The zero-order chi connectivity index (χ0) is 29.7. The van der Waals surface area contributed by atoms with Gasteiger partial charge in [0.05, 0.1) is 22.2 Å². The van der Waals surface area contributed by atoms with Gasteiger partial charge in [-0.3, -0.25) is 14.4 Å². The molecule has 1 aromatic heterocycles. The number of β-amino-alcohol motifs (C(OH)–C–C–N with tert-alkyl or cyclic N) is 1. The molecule has 0 spiro atoms. The largest absolute Gasteiger partial charge is 0.484 e. The van der Waals surface area contributed by atoms with E-state index in [0.717, 1.165) is 27.3 Å². The molecule has 2 aromatic carbocycles. The lowest BCUT2D eigenvalue weighted by Crippen LogP contribution is -2.58. The fraction of sp³-hybridized carbons (Fsp3) is 0.419. The molecule has 1 saturated heterocycles. The van der Waals surface area contributed by atoms with Gasteiger partial charge in [0.25, 0.3) is 5.91 Å². The lowest BCUT2D eigenvalue weighted by Gasteiger charge is -2.35. The molecule has 0 unspecified atom stereocenters. The Morgan fingerprint density at radius 2 is 1.88 bits per heavy atom. The molecule has 218 valence electrons. The van der Waals surface area contributed by atoms with Crippen molar-refractivity contribution in [3.63, 3.8) is 0 Å². The number of thiazole rings is 1. The predicted molar refractivity (Wildman–Crippen MR) is 158 cm³/mol. The van der Waals surface area contributed by atoms with E-state index in [2.05, 4.69) is 15.6 Å². The summed E-state index contributed by atoms with van der Waals surface area (Å²) in [6.45, 7) is 9.48. The minimum atomic E-state index is -0.917. The second-order valence-electron chi connectivity index (χ2n) is 11.5. The van der Waals surface area contributed by atoms with Gasteiger partial charge in [0.1, 0.15) is 17.8 Å². The fourth-order valence-corrected chi connectivity index (χ4v) is 5.65. The lowest BCUT2D eigenvalue weighted by atomic mass is 9.85. The number of aliphatic hydroxyl groups is 1. The summed E-state index contributed by atoms with van der Waals surface area (Å²) < 4.78 is 5.61. The third kappa shape index (κ3) is 7.71. The molecule has 10 heteroatoms. The number of benzene rings is 2. The van der Waals surface area contributed by atoms with Crippen molar-refractivity contribution in [2.75, 3.05) is 13.2 Å². The minimum absolute atomic E-state index is 0.0159. The van der Waals surface area contributed by atoms with Gasteiger partial charge in [0.2, 0.25) is 11.8 Å². The molecule has 3 atom stereocenters. The molecule has 3 amide bonds. The molecule has 41 heavy (non-hydrogen) atoms. The number of likely N-dealkylation sites (tertiary alicyclic amines) is 1. The summed E-state index contributed by atoms with van der Waals surface area (Å²) in [7, 11) is 0. The van der Waals surface area contributed by atoms with Crippen LogP contribution in [0.3, 0.4) is 0 Å². The molecule has 1 fully saturated rings. The molecule has 2 heterocycles. The van der Waals surface area contributed by atoms with Crippen molar-refractivity contribution in [2.24, 2.45) is 5.41 Å². The van der Waals surface area contributed by atoms with Crippen LogP contribution in [0.5, 0.6) is 5.75 Å². The van der Waals surface area contributed by atoms with Crippen LogP contribution in [-0.2, 0) is 20.9 Å². The predicted octanol–water partition coefficient (Wildman–Crippen LogP) is 3.61. The first kappa shape index (κ1) is 30.2. The number of aromatic nitrogens is 1. The van der Waals surface area contributed by atoms with E-state index in [0.29, 0.717) is 5.75 Å². The average molecular weight is 579 g/mol. The van der Waals surface area contributed by atoms with Crippen LogP contribution < -0.4 is 15.4 Å². The first-order chi connectivity index (χ1) is 19.4. The Labute approximate surface area is 244 Å². The standard InChI is InChI=1S/C31H38N4O5S/c1-19-7-6-8-24(13-19)40-17-26(37)34-28(31(3,4)5)30(39)35-16-23(36)14-25(35)29(38)32-15-21-9-11-22(12-10-21)27-20(2)33-18-41-27/h6-13,18,23,25,28,36H,14-17H2,1-5H3,(H,32,38)(H,34,37)/t23-,25+,28-/m1/s1. The van der Waals surface area contributed by atoms with E-state index in [4.69, 9.17) is 4.74 Å². The zero-order valence-corrected chi connectivity index (χ0v) is 25.0. The highest BCUT2D eigenvalue weighted by molar-refractivity contribution is 7.13. The molecule has 0 saturated carbocycles. The van der Waals surface area contributed by atoms with Crippen LogP contribution in [0.1, 0.15) is 44.0 Å². The van der Waals surface area contributed by atoms with Gasteiger partial charge in [0.15, 0.2) is 6.61 Å². The Hall–Kier alpha value is -3.76. The summed E-state index contributed by atoms with van der Waals surface area (Å²) in [4.78, 5) is 46.5. The molecule has 4 rings (SSSR count). The number of ether oxygens (including phenoxy) is 1. The van der Waals surface area contributed by atoms with Gasteiger partial charge in [-0.1, -0.05) is 57.2 Å². The highest BCUT2D eigenvalue weighted by atomic mass is 32.1. The number of nitrogens with zero attached hydrogens (tertiary/aromatic N) is 2. The fourth-order valence-electron chi connectivity index (χ4n) is 4.84. The number of rotatable bonds is 9. The van der Waals surface area contributed by atoms with E-state index < -0.39 is 35.4 Å². The molecular weight excluding hydrogens is 540 g/mol. The Morgan fingerprint density at radius 3 is 2.51 bits per heavy atom. The number of carbonyl (C=O) groups is 3. The zero-order valence-electron chi connectivity index (χ0n) is 24.1. The average Bonchev–Trinajstić information content (AvgIpc) is 3.54. The van der Waals surface area contributed by atoms with Gasteiger partial charge in [-0.25, -0.2) is 4.98 Å². The molecule has 3 aromatic rings. The highest BCUT2D eigenvalue weighted by Crippen LogP contribution is 2.28. The monoisotopic (exact) mass is 578 g/mol. The molecular formula is C31H38N4O5S. The van der Waals surface area contributed by atoms with Crippen molar-refractivity contribution in [1.82, 2.24) is 20.5 Å². The normalized spacial score (nSPS) is 17.7. The SMILES string of the molecule is Cc1cccc(OCC(=O)N[C@H](C(=O)N2C[C@H](O)C[C@H]2C(=O)NCc2ccc(-c3scnc3C)cc2)C(C)(C)C)c1. The summed E-state index contributed by atoms with van der Waals surface area (Å²) in [5.41, 5.74) is 5.12. The van der Waals surface area contributed by atoms with Crippen LogP contribution in [0, 0.1) is 19.3 Å². The van der Waals surface area contributed by atoms with Gasteiger partial charge in [-0.15, -0.1) is 11.3 Å². The Kier molecular flexibility index (Phi) is 9.45. The van der Waals surface area contributed by atoms with Crippen molar-refractivity contribution in [3.8, 4) is 16.2 Å². The number of carbonyl (C=O) groups excluding carboxylic acids is 3. The molecule has 1 aliphatic heterocycles. The van der Waals surface area contributed by atoms with Crippen LogP contribution in [0.4, 0.5) is 0 Å². The quantitative estimate of drug-likeness (QED) is 0.357. The summed E-state index contributed by atoms with van der Waals surface area (Å²) in [6.07, 6.45) is -0.708. The molecule has 0 bridgehead atoms. The number of hydrogen-bond donors (Lipinski definition) is 3. The van der Waals surface area contributed by atoms with E-state index in [9.17, 15) is 19.5 Å². The van der Waals surface area contributed by atoms with E-state index in [-0.39, 0.29) is 32.0 Å². The number of nitrogens with one attached hydrogen (secondary N) is 2. The van der Waals surface area contributed by atoms with Crippen molar-refractivity contribution in [1.29, 1.82) is 0 Å².